The molecule has 7 heteroatoms. The Morgan fingerprint density at radius 2 is 1.78 bits per heavy atom. The largest absolute Gasteiger partial charge is 0.480 e. The number of carboxylic acids is 1. The second kappa shape index (κ2) is 9.94. The summed E-state index contributed by atoms with van der Waals surface area (Å²) >= 11 is 0. The van der Waals surface area contributed by atoms with Crippen LogP contribution in [-0.4, -0.2) is 45.7 Å². The summed E-state index contributed by atoms with van der Waals surface area (Å²) in [5, 5.41) is 12.0. The van der Waals surface area contributed by atoms with Gasteiger partial charge in [0, 0.05) is 6.54 Å². The van der Waals surface area contributed by atoms with E-state index in [-0.39, 0.29) is 6.54 Å². The minimum atomic E-state index is -1.10. The van der Waals surface area contributed by atoms with Crippen LogP contribution in [-0.2, 0) is 20.9 Å². The molecule has 1 aromatic rings. The highest BCUT2D eigenvalue weighted by molar-refractivity contribution is 5.89. The molecule has 0 saturated heterocycles. The fourth-order valence-corrected chi connectivity index (χ4v) is 2.52. The minimum Gasteiger partial charge on any atom is -0.480 e. The number of carbonyl (C=O) groups excluding carboxylic acids is 2. The molecule has 7 nitrogen and oxygen atoms in total. The van der Waals surface area contributed by atoms with Crippen LogP contribution in [0.5, 0.6) is 0 Å². The second-order valence-electron chi connectivity index (χ2n) is 7.45. The van der Waals surface area contributed by atoms with E-state index in [2.05, 4.69) is 5.32 Å². The zero-order valence-corrected chi connectivity index (χ0v) is 16.7. The van der Waals surface area contributed by atoms with Crippen molar-refractivity contribution in [3.63, 3.8) is 0 Å². The molecular weight excluding hydrogens is 348 g/mol. The number of nitrogens with zero attached hydrogens (tertiary/aromatic N) is 1. The monoisotopic (exact) mass is 378 g/mol. The lowest BCUT2D eigenvalue weighted by atomic mass is 10.1. The Kier molecular flexibility index (Phi) is 8.28. The number of aliphatic carboxylic acids is 1. The third kappa shape index (κ3) is 7.68. The molecule has 0 heterocycles. The lowest BCUT2D eigenvalue weighted by Gasteiger charge is -2.31. The van der Waals surface area contributed by atoms with Crippen molar-refractivity contribution < 1.29 is 24.2 Å². The highest BCUT2D eigenvalue weighted by Gasteiger charge is 2.32. The number of rotatable bonds is 8. The first-order valence-corrected chi connectivity index (χ1v) is 9.12. The van der Waals surface area contributed by atoms with E-state index in [0.717, 1.165) is 5.56 Å². The van der Waals surface area contributed by atoms with Gasteiger partial charge in [0.25, 0.3) is 0 Å². The molecule has 0 spiro atoms. The second-order valence-corrected chi connectivity index (χ2v) is 7.45. The van der Waals surface area contributed by atoms with Gasteiger partial charge in [0.15, 0.2) is 0 Å². The smallest absolute Gasteiger partial charge is 0.408 e. The third-order valence-electron chi connectivity index (χ3n) is 3.87. The Balaban J connectivity index is 3.02. The summed E-state index contributed by atoms with van der Waals surface area (Å²) in [6.07, 6.45) is 0.333. The van der Waals surface area contributed by atoms with Crippen molar-refractivity contribution in [2.24, 2.45) is 0 Å². The highest BCUT2D eigenvalue weighted by Crippen LogP contribution is 2.14. The number of hydrogen-bond acceptors (Lipinski definition) is 4. The van der Waals surface area contributed by atoms with Crippen LogP contribution in [0.1, 0.15) is 53.0 Å². The first kappa shape index (κ1) is 22.5. The van der Waals surface area contributed by atoms with Gasteiger partial charge in [-0.3, -0.25) is 4.79 Å². The fraction of sp³-hybridized carbons (Fsp3) is 0.550. The van der Waals surface area contributed by atoms with Gasteiger partial charge >= 0.3 is 12.1 Å². The maximum Gasteiger partial charge on any atom is 0.408 e. The van der Waals surface area contributed by atoms with Crippen LogP contribution in [0, 0.1) is 0 Å². The van der Waals surface area contributed by atoms with Gasteiger partial charge in [-0.1, -0.05) is 43.7 Å². The van der Waals surface area contributed by atoms with E-state index in [1.54, 1.807) is 20.8 Å². The van der Waals surface area contributed by atoms with Gasteiger partial charge in [0.05, 0.1) is 0 Å². The first-order chi connectivity index (χ1) is 12.5. The molecular formula is C20H30N2O5. The van der Waals surface area contributed by atoms with E-state index < -0.39 is 35.7 Å². The Morgan fingerprint density at radius 1 is 1.19 bits per heavy atom. The third-order valence-corrected chi connectivity index (χ3v) is 3.87. The van der Waals surface area contributed by atoms with E-state index in [1.165, 1.54) is 11.8 Å². The summed E-state index contributed by atoms with van der Waals surface area (Å²) in [4.78, 5) is 38.0. The number of nitrogens with one attached hydrogen (secondary N) is 1. The number of alkyl carbamates (subject to hydrolysis) is 1. The summed E-state index contributed by atoms with van der Waals surface area (Å²) in [7, 11) is 0. The maximum atomic E-state index is 13.1. The Bertz CT molecular complexity index is 640. The van der Waals surface area contributed by atoms with Crippen LogP contribution < -0.4 is 5.32 Å². The van der Waals surface area contributed by atoms with Crippen molar-refractivity contribution in [3.8, 4) is 0 Å². The molecule has 2 unspecified atom stereocenters. The van der Waals surface area contributed by atoms with Gasteiger partial charge in [0.2, 0.25) is 5.91 Å². The summed E-state index contributed by atoms with van der Waals surface area (Å²) in [5.74, 6) is -1.55. The molecule has 1 aromatic carbocycles. The molecule has 0 aliphatic rings. The average Bonchev–Trinajstić information content (AvgIpc) is 2.57. The molecule has 0 saturated carbocycles. The lowest BCUT2D eigenvalue weighted by molar-refractivity contribution is -0.151. The molecule has 0 bridgehead atoms. The van der Waals surface area contributed by atoms with Crippen LogP contribution in [0.2, 0.25) is 0 Å². The zero-order valence-electron chi connectivity index (χ0n) is 16.7. The van der Waals surface area contributed by atoms with Gasteiger partial charge in [-0.25, -0.2) is 9.59 Å². The molecule has 2 N–H and O–H groups in total. The van der Waals surface area contributed by atoms with Crippen molar-refractivity contribution >= 4 is 18.0 Å². The zero-order chi connectivity index (χ0) is 20.6. The fourth-order valence-electron chi connectivity index (χ4n) is 2.52. The summed E-state index contributed by atoms with van der Waals surface area (Å²) in [5.41, 5.74) is 0.119. The Hall–Kier alpha value is -2.57. The molecule has 0 radical (unpaired) electrons. The molecule has 0 aromatic heterocycles. The predicted molar refractivity (Wildman–Crippen MR) is 102 cm³/mol. The van der Waals surface area contributed by atoms with Gasteiger partial charge in [-0.2, -0.15) is 0 Å². The van der Waals surface area contributed by atoms with Gasteiger partial charge in [0.1, 0.15) is 17.7 Å². The van der Waals surface area contributed by atoms with Crippen molar-refractivity contribution in [1.29, 1.82) is 0 Å². The molecule has 0 fully saturated rings. The Morgan fingerprint density at radius 3 is 2.26 bits per heavy atom. The Labute approximate surface area is 160 Å². The topological polar surface area (TPSA) is 95.9 Å². The molecule has 2 atom stereocenters. The molecule has 150 valence electrons. The summed E-state index contributed by atoms with van der Waals surface area (Å²) in [6.45, 7) is 8.69. The molecule has 0 aliphatic heterocycles. The van der Waals surface area contributed by atoms with E-state index in [0.29, 0.717) is 12.8 Å². The first-order valence-electron chi connectivity index (χ1n) is 9.12. The number of amides is 2. The van der Waals surface area contributed by atoms with Crippen LogP contribution >= 0.6 is 0 Å². The maximum absolute atomic E-state index is 13.1. The number of benzene rings is 1. The standard InChI is InChI=1S/C20H30N2O5/c1-6-10-16(21-19(26)27-20(3,4)5)17(23)22(14(2)18(24)25)13-15-11-8-7-9-12-15/h7-9,11-12,14,16H,6,10,13H2,1-5H3,(H,21,26)(H,24,25). The number of ether oxygens (including phenoxy) is 1. The highest BCUT2D eigenvalue weighted by atomic mass is 16.6. The van der Waals surface area contributed by atoms with Crippen molar-refractivity contribution in [2.45, 2.75) is 71.7 Å². The molecule has 27 heavy (non-hydrogen) atoms. The minimum absolute atomic E-state index is 0.142. The SMILES string of the molecule is CCCC(NC(=O)OC(C)(C)C)C(=O)N(Cc1ccccc1)C(C)C(=O)O. The van der Waals surface area contributed by atoms with Crippen molar-refractivity contribution in [3.05, 3.63) is 35.9 Å². The average molecular weight is 378 g/mol. The van der Waals surface area contributed by atoms with Gasteiger partial charge in [-0.15, -0.1) is 0 Å². The number of hydrogen-bond donors (Lipinski definition) is 2. The van der Waals surface area contributed by atoms with Crippen LogP contribution in [0.3, 0.4) is 0 Å². The predicted octanol–water partition coefficient (Wildman–Crippen LogP) is 3.18. The van der Waals surface area contributed by atoms with E-state index >= 15 is 0 Å². The summed E-state index contributed by atoms with van der Waals surface area (Å²) < 4.78 is 5.23. The van der Waals surface area contributed by atoms with E-state index in [1.807, 2.05) is 37.3 Å². The van der Waals surface area contributed by atoms with Gasteiger partial charge < -0.3 is 20.1 Å². The molecule has 1 rings (SSSR count). The van der Waals surface area contributed by atoms with Crippen LogP contribution in [0.15, 0.2) is 30.3 Å². The number of carbonyl (C=O) groups is 3. The lowest BCUT2D eigenvalue weighted by Crippen LogP contribution is -2.53. The quantitative estimate of drug-likeness (QED) is 0.724. The van der Waals surface area contributed by atoms with Crippen LogP contribution in [0.25, 0.3) is 0 Å². The van der Waals surface area contributed by atoms with E-state index in [9.17, 15) is 19.5 Å². The van der Waals surface area contributed by atoms with Crippen molar-refractivity contribution in [2.75, 3.05) is 0 Å². The van der Waals surface area contributed by atoms with Gasteiger partial charge in [-0.05, 0) is 39.7 Å². The number of carboxylic acid groups (broad SMARTS) is 1. The summed E-state index contributed by atoms with van der Waals surface area (Å²) in [6, 6.07) is 7.27. The van der Waals surface area contributed by atoms with E-state index in [4.69, 9.17) is 4.74 Å². The normalized spacial score (nSPS) is 13.4. The van der Waals surface area contributed by atoms with Crippen molar-refractivity contribution in [1.82, 2.24) is 10.2 Å². The molecule has 2 amide bonds. The molecule has 0 aliphatic carbocycles. The van der Waals surface area contributed by atoms with Crippen LogP contribution in [0.4, 0.5) is 4.79 Å².